The first-order valence-corrected chi connectivity index (χ1v) is 7.64. The number of carbonyl (C=O) groups is 1. The van der Waals surface area contributed by atoms with Gasteiger partial charge in [-0.1, -0.05) is 5.16 Å². The van der Waals surface area contributed by atoms with Gasteiger partial charge >= 0.3 is 13.2 Å². The minimum atomic E-state index is -0.670. The van der Waals surface area contributed by atoms with Crippen molar-refractivity contribution in [1.29, 1.82) is 0 Å². The number of carbonyl (C=O) groups excluding carboxylic acids is 1. The average molecular weight is 324 g/mol. The van der Waals surface area contributed by atoms with Crippen molar-refractivity contribution in [2.45, 2.75) is 72.2 Å². The molecule has 8 heteroatoms. The van der Waals surface area contributed by atoms with Crippen LogP contribution in [-0.4, -0.2) is 35.2 Å². The van der Waals surface area contributed by atoms with E-state index >= 15 is 0 Å². The number of anilines is 1. The molecule has 1 aromatic heterocycles. The van der Waals surface area contributed by atoms with Crippen LogP contribution in [0.5, 0.6) is 0 Å². The second-order valence-corrected chi connectivity index (χ2v) is 7.72. The molecule has 128 valence electrons. The zero-order valence-corrected chi connectivity index (χ0v) is 15.1. The molecular formula is C15H25BN2O5. The third-order valence-corrected chi connectivity index (χ3v) is 4.02. The van der Waals surface area contributed by atoms with Crippen molar-refractivity contribution in [3.63, 3.8) is 0 Å². The summed E-state index contributed by atoms with van der Waals surface area (Å²) in [6, 6.07) is 0. The Hall–Kier alpha value is -1.54. The molecule has 2 heterocycles. The van der Waals surface area contributed by atoms with E-state index in [0.717, 1.165) is 0 Å². The highest BCUT2D eigenvalue weighted by Gasteiger charge is 2.53. The molecule has 0 radical (unpaired) electrons. The number of aromatic nitrogens is 1. The van der Waals surface area contributed by atoms with Crippen LogP contribution in [0.2, 0.25) is 0 Å². The summed E-state index contributed by atoms with van der Waals surface area (Å²) in [5, 5.41) is 6.47. The lowest BCUT2D eigenvalue weighted by Crippen LogP contribution is -2.41. The maximum Gasteiger partial charge on any atom is 0.502 e. The summed E-state index contributed by atoms with van der Waals surface area (Å²) in [7, 11) is -0.670. The van der Waals surface area contributed by atoms with Gasteiger partial charge in [0.2, 0.25) is 0 Å². The normalized spacial score (nSPS) is 19.7. The summed E-state index contributed by atoms with van der Waals surface area (Å²) < 4.78 is 22.4. The number of aryl methyl sites for hydroxylation is 1. The molecule has 0 aromatic carbocycles. The number of hydrogen-bond donors (Lipinski definition) is 1. The van der Waals surface area contributed by atoms with Gasteiger partial charge in [-0.2, -0.15) is 0 Å². The summed E-state index contributed by atoms with van der Waals surface area (Å²) in [6.07, 6.45) is -0.608. The van der Waals surface area contributed by atoms with Gasteiger partial charge in [0.25, 0.3) is 0 Å². The first-order chi connectivity index (χ1) is 10.3. The minimum absolute atomic E-state index is 0.246. The Labute approximate surface area is 137 Å². The first kappa shape index (κ1) is 17.8. The minimum Gasteiger partial charge on any atom is -0.444 e. The monoisotopic (exact) mass is 324 g/mol. The fraction of sp³-hybridized carbons (Fsp3) is 0.733. The predicted molar refractivity (Wildman–Crippen MR) is 86.8 cm³/mol. The topological polar surface area (TPSA) is 82.8 Å². The van der Waals surface area contributed by atoms with E-state index in [0.29, 0.717) is 11.2 Å². The molecule has 7 nitrogen and oxygen atoms in total. The van der Waals surface area contributed by atoms with Gasteiger partial charge in [0.05, 0.1) is 16.7 Å². The van der Waals surface area contributed by atoms with E-state index < -0.39 is 30.0 Å². The van der Waals surface area contributed by atoms with Crippen LogP contribution in [0.4, 0.5) is 10.6 Å². The summed E-state index contributed by atoms with van der Waals surface area (Å²) in [4.78, 5) is 12.0. The van der Waals surface area contributed by atoms with Crippen molar-refractivity contribution in [2.75, 3.05) is 5.32 Å². The van der Waals surface area contributed by atoms with E-state index in [1.807, 2.05) is 27.7 Å². The average Bonchev–Trinajstić information content (AvgIpc) is 2.74. The standard InChI is InChI=1S/C15H25BN2O5/c1-9-10(16-22-14(5,6)15(7,8)23-16)11(18-21-9)17-12(19)20-13(2,3)4/h1-8H3,(H,17,18,19). The number of amides is 1. The van der Waals surface area contributed by atoms with Crippen LogP contribution >= 0.6 is 0 Å². The molecule has 0 unspecified atom stereocenters. The van der Waals surface area contributed by atoms with Crippen molar-refractivity contribution < 1.29 is 23.4 Å². The third-order valence-electron chi connectivity index (χ3n) is 4.02. The van der Waals surface area contributed by atoms with Gasteiger partial charge in [-0.25, -0.2) is 4.79 Å². The molecule has 23 heavy (non-hydrogen) atoms. The Morgan fingerprint density at radius 1 is 1.17 bits per heavy atom. The van der Waals surface area contributed by atoms with Gasteiger partial charge in [0.1, 0.15) is 11.4 Å². The highest BCUT2D eigenvalue weighted by Crippen LogP contribution is 2.37. The molecule has 1 aliphatic heterocycles. The molecule has 0 saturated carbocycles. The van der Waals surface area contributed by atoms with Crippen molar-refractivity contribution >= 4 is 24.5 Å². The van der Waals surface area contributed by atoms with Gasteiger partial charge in [0, 0.05) is 0 Å². The van der Waals surface area contributed by atoms with Gasteiger partial charge in [-0.15, -0.1) is 0 Å². The lowest BCUT2D eigenvalue weighted by molar-refractivity contribution is 0.00578. The molecule has 1 fully saturated rings. The summed E-state index contributed by atoms with van der Waals surface area (Å²) in [5.74, 6) is 0.768. The second kappa shape index (κ2) is 5.52. The Morgan fingerprint density at radius 2 is 1.70 bits per heavy atom. The number of hydrogen-bond acceptors (Lipinski definition) is 6. The highest BCUT2D eigenvalue weighted by molar-refractivity contribution is 6.64. The molecule has 1 aliphatic rings. The molecule has 1 amide bonds. The van der Waals surface area contributed by atoms with Gasteiger partial charge in [-0.05, 0) is 55.4 Å². The van der Waals surface area contributed by atoms with Crippen LogP contribution in [0.1, 0.15) is 54.2 Å². The van der Waals surface area contributed by atoms with Crippen LogP contribution in [0, 0.1) is 6.92 Å². The SMILES string of the molecule is Cc1onc(NC(=O)OC(C)(C)C)c1B1OC(C)(C)C(C)(C)O1. The van der Waals surface area contributed by atoms with E-state index in [9.17, 15) is 4.79 Å². The number of nitrogens with zero attached hydrogens (tertiary/aromatic N) is 1. The quantitative estimate of drug-likeness (QED) is 0.842. The molecule has 0 aliphatic carbocycles. The smallest absolute Gasteiger partial charge is 0.444 e. The summed E-state index contributed by atoms with van der Waals surface area (Å²) >= 11 is 0. The van der Waals surface area contributed by atoms with Crippen molar-refractivity contribution in [3.05, 3.63) is 5.76 Å². The summed E-state index contributed by atoms with van der Waals surface area (Å²) in [6.45, 7) is 14.9. The van der Waals surface area contributed by atoms with Crippen LogP contribution in [0.3, 0.4) is 0 Å². The Morgan fingerprint density at radius 3 is 2.17 bits per heavy atom. The largest absolute Gasteiger partial charge is 0.502 e. The fourth-order valence-electron chi connectivity index (χ4n) is 2.11. The van der Waals surface area contributed by atoms with Crippen molar-refractivity contribution in [3.8, 4) is 0 Å². The van der Waals surface area contributed by atoms with E-state index in [4.69, 9.17) is 18.6 Å². The Kier molecular flexibility index (Phi) is 4.28. The molecule has 2 rings (SSSR count). The molecular weight excluding hydrogens is 299 g/mol. The van der Waals surface area contributed by atoms with Gasteiger partial charge < -0.3 is 18.6 Å². The van der Waals surface area contributed by atoms with Crippen molar-refractivity contribution in [1.82, 2.24) is 5.16 Å². The zero-order valence-electron chi connectivity index (χ0n) is 15.1. The lowest BCUT2D eigenvalue weighted by Gasteiger charge is -2.32. The van der Waals surface area contributed by atoms with Gasteiger partial charge in [0.15, 0.2) is 5.82 Å². The zero-order chi connectivity index (χ0) is 17.6. The Balaban J connectivity index is 2.22. The number of nitrogens with one attached hydrogen (secondary N) is 1. The van der Waals surface area contributed by atoms with Crippen LogP contribution < -0.4 is 10.8 Å². The van der Waals surface area contributed by atoms with Crippen LogP contribution in [-0.2, 0) is 14.0 Å². The van der Waals surface area contributed by atoms with Crippen LogP contribution in [0.15, 0.2) is 4.52 Å². The number of rotatable bonds is 2. The fourth-order valence-corrected chi connectivity index (χ4v) is 2.11. The molecule has 1 saturated heterocycles. The van der Waals surface area contributed by atoms with E-state index in [1.54, 1.807) is 27.7 Å². The molecule has 0 atom stereocenters. The lowest BCUT2D eigenvalue weighted by atomic mass is 9.78. The maximum atomic E-state index is 12.0. The van der Waals surface area contributed by atoms with E-state index in [-0.39, 0.29) is 5.82 Å². The third kappa shape index (κ3) is 3.69. The Bertz CT molecular complexity index is 587. The first-order valence-electron chi connectivity index (χ1n) is 7.64. The number of ether oxygens (including phenoxy) is 1. The predicted octanol–water partition coefficient (Wildman–Crippen LogP) is 2.63. The second-order valence-electron chi connectivity index (χ2n) is 7.72. The highest BCUT2D eigenvalue weighted by atomic mass is 16.7. The van der Waals surface area contributed by atoms with E-state index in [2.05, 4.69) is 10.5 Å². The molecule has 0 spiro atoms. The summed E-state index contributed by atoms with van der Waals surface area (Å²) in [5.41, 5.74) is -1.03. The molecule has 0 bridgehead atoms. The van der Waals surface area contributed by atoms with Crippen molar-refractivity contribution in [2.24, 2.45) is 0 Å². The van der Waals surface area contributed by atoms with Crippen LogP contribution in [0.25, 0.3) is 0 Å². The molecule has 1 aromatic rings. The van der Waals surface area contributed by atoms with Gasteiger partial charge in [-0.3, -0.25) is 5.32 Å². The van der Waals surface area contributed by atoms with E-state index in [1.165, 1.54) is 0 Å². The molecule has 1 N–H and O–H groups in total. The maximum absolute atomic E-state index is 12.0.